The number of H-pyrrole nitrogens is 1. The van der Waals surface area contributed by atoms with Crippen LogP contribution < -0.4 is 9.47 Å². The lowest BCUT2D eigenvalue weighted by Gasteiger charge is -2.16. The van der Waals surface area contributed by atoms with Gasteiger partial charge in [0.25, 0.3) is 0 Å². The maximum atomic E-state index is 12.9. The maximum absolute atomic E-state index is 12.9. The van der Waals surface area contributed by atoms with Gasteiger partial charge in [0.15, 0.2) is 17.6 Å². The highest BCUT2D eigenvalue weighted by Crippen LogP contribution is 2.29. The van der Waals surface area contributed by atoms with Crippen LogP contribution in [0.5, 0.6) is 11.5 Å². The van der Waals surface area contributed by atoms with Crippen molar-refractivity contribution in [3.05, 3.63) is 59.8 Å². The van der Waals surface area contributed by atoms with Crippen LogP contribution in [-0.4, -0.2) is 24.0 Å². The van der Waals surface area contributed by atoms with Crippen molar-refractivity contribution in [3.63, 3.8) is 0 Å². The van der Waals surface area contributed by atoms with Crippen LogP contribution in [0.3, 0.4) is 0 Å². The predicted molar refractivity (Wildman–Crippen MR) is 90.5 cm³/mol. The van der Waals surface area contributed by atoms with Crippen molar-refractivity contribution < 1.29 is 14.3 Å². The summed E-state index contributed by atoms with van der Waals surface area (Å²) in [5.74, 6) is 1.13. The molecule has 0 saturated heterocycles. The molecule has 0 bridgehead atoms. The molecular formula is C19H19NO3. The molecule has 1 heterocycles. The Hall–Kier alpha value is -2.75. The smallest absolute Gasteiger partial charge is 0.205 e. The summed E-state index contributed by atoms with van der Waals surface area (Å²) in [6, 6.07) is 15.1. The third kappa shape index (κ3) is 2.80. The summed E-state index contributed by atoms with van der Waals surface area (Å²) < 4.78 is 11.1. The van der Waals surface area contributed by atoms with Crippen LogP contribution in [0.15, 0.2) is 48.5 Å². The number of aryl methyl sites for hydroxylation is 1. The number of hydrogen-bond acceptors (Lipinski definition) is 3. The normalized spacial score (nSPS) is 12.1. The minimum Gasteiger partial charge on any atom is -0.493 e. The van der Waals surface area contributed by atoms with Gasteiger partial charge in [-0.2, -0.15) is 0 Å². The van der Waals surface area contributed by atoms with Crippen molar-refractivity contribution in [2.75, 3.05) is 7.11 Å². The largest absolute Gasteiger partial charge is 0.493 e. The average Bonchev–Trinajstić information content (AvgIpc) is 2.90. The van der Waals surface area contributed by atoms with E-state index in [9.17, 15) is 4.79 Å². The Morgan fingerprint density at radius 2 is 1.70 bits per heavy atom. The molecule has 0 unspecified atom stereocenters. The van der Waals surface area contributed by atoms with Crippen LogP contribution in [0, 0.1) is 6.92 Å². The Morgan fingerprint density at radius 1 is 1.04 bits per heavy atom. The van der Waals surface area contributed by atoms with Gasteiger partial charge in [0.05, 0.1) is 7.11 Å². The van der Waals surface area contributed by atoms with E-state index in [-0.39, 0.29) is 5.78 Å². The number of benzene rings is 2. The van der Waals surface area contributed by atoms with Gasteiger partial charge in [0.1, 0.15) is 0 Å². The number of Topliss-reactive ketones (excluding diaryl/α,β-unsaturated/α-hetero) is 1. The number of aromatic amines is 1. The lowest BCUT2D eigenvalue weighted by molar-refractivity contribution is 0.0815. The van der Waals surface area contributed by atoms with E-state index in [4.69, 9.17) is 9.47 Å². The second-order valence-corrected chi connectivity index (χ2v) is 5.45. The first-order valence-electron chi connectivity index (χ1n) is 7.53. The van der Waals surface area contributed by atoms with Crippen LogP contribution in [0.25, 0.3) is 10.9 Å². The summed E-state index contributed by atoms with van der Waals surface area (Å²) in [4.78, 5) is 16.1. The fraction of sp³-hybridized carbons (Fsp3) is 0.211. The van der Waals surface area contributed by atoms with Crippen LogP contribution >= 0.6 is 0 Å². The second kappa shape index (κ2) is 6.16. The van der Waals surface area contributed by atoms with Crippen molar-refractivity contribution in [2.45, 2.75) is 20.0 Å². The summed E-state index contributed by atoms with van der Waals surface area (Å²) in [6.07, 6.45) is -0.607. The number of nitrogens with one attached hydrogen (secondary N) is 1. The number of rotatable bonds is 5. The molecule has 3 aromatic rings. The minimum absolute atomic E-state index is 0.0501. The van der Waals surface area contributed by atoms with Crippen LogP contribution in [0.2, 0.25) is 0 Å². The molecule has 0 radical (unpaired) electrons. The molecule has 1 N–H and O–H groups in total. The molecular weight excluding hydrogens is 290 g/mol. The fourth-order valence-corrected chi connectivity index (χ4v) is 2.76. The van der Waals surface area contributed by atoms with E-state index in [1.54, 1.807) is 20.1 Å². The van der Waals surface area contributed by atoms with Gasteiger partial charge in [0.2, 0.25) is 5.78 Å². The Morgan fingerprint density at radius 3 is 2.43 bits per heavy atom. The Balaban J connectivity index is 1.91. The molecule has 0 saturated carbocycles. The number of methoxy groups -OCH3 is 1. The second-order valence-electron chi connectivity index (χ2n) is 5.45. The number of hydrogen-bond donors (Lipinski definition) is 1. The van der Waals surface area contributed by atoms with Gasteiger partial charge in [-0.3, -0.25) is 4.79 Å². The molecule has 23 heavy (non-hydrogen) atoms. The van der Waals surface area contributed by atoms with Crippen molar-refractivity contribution in [1.82, 2.24) is 4.98 Å². The van der Waals surface area contributed by atoms with Crippen molar-refractivity contribution in [2.24, 2.45) is 0 Å². The number of ketones is 1. The van der Waals surface area contributed by atoms with E-state index in [0.717, 1.165) is 16.6 Å². The first kappa shape index (κ1) is 15.2. The van der Waals surface area contributed by atoms with Gasteiger partial charge in [-0.15, -0.1) is 0 Å². The summed E-state index contributed by atoms with van der Waals surface area (Å²) in [7, 11) is 1.58. The van der Waals surface area contributed by atoms with Gasteiger partial charge in [0, 0.05) is 22.2 Å². The molecule has 3 rings (SSSR count). The third-order valence-electron chi connectivity index (χ3n) is 3.88. The maximum Gasteiger partial charge on any atom is 0.205 e. The zero-order chi connectivity index (χ0) is 16.4. The van der Waals surface area contributed by atoms with E-state index in [2.05, 4.69) is 4.98 Å². The summed E-state index contributed by atoms with van der Waals surface area (Å²) in [5.41, 5.74) is 2.49. The predicted octanol–water partition coefficient (Wildman–Crippen LogP) is 4.14. The fourth-order valence-electron chi connectivity index (χ4n) is 2.76. The van der Waals surface area contributed by atoms with Gasteiger partial charge < -0.3 is 14.5 Å². The molecule has 0 aliphatic heterocycles. The molecule has 4 heteroatoms. The topological polar surface area (TPSA) is 51.3 Å². The lowest BCUT2D eigenvalue weighted by atomic mass is 10.0. The van der Waals surface area contributed by atoms with Crippen LogP contribution in [0.4, 0.5) is 0 Å². The van der Waals surface area contributed by atoms with Gasteiger partial charge in [-0.1, -0.05) is 30.3 Å². The van der Waals surface area contributed by atoms with E-state index in [1.807, 2.05) is 49.4 Å². The lowest BCUT2D eigenvalue weighted by Crippen LogP contribution is -2.24. The van der Waals surface area contributed by atoms with E-state index >= 15 is 0 Å². The number of carbonyl (C=O) groups excluding carboxylic acids is 1. The third-order valence-corrected chi connectivity index (χ3v) is 3.88. The van der Waals surface area contributed by atoms with Gasteiger partial charge in [-0.05, 0) is 32.0 Å². The number of aromatic nitrogens is 1. The van der Waals surface area contributed by atoms with Crippen molar-refractivity contribution in [3.8, 4) is 11.5 Å². The van der Waals surface area contributed by atoms with Crippen LogP contribution in [-0.2, 0) is 0 Å². The highest BCUT2D eigenvalue weighted by Gasteiger charge is 2.23. The first-order chi connectivity index (χ1) is 11.1. The van der Waals surface area contributed by atoms with Gasteiger partial charge >= 0.3 is 0 Å². The number of fused-ring (bicyclic) bond motifs is 1. The van der Waals surface area contributed by atoms with Crippen molar-refractivity contribution >= 4 is 16.7 Å². The molecule has 2 aromatic carbocycles. The molecule has 0 amide bonds. The number of para-hydroxylation sites is 3. The van der Waals surface area contributed by atoms with E-state index in [0.29, 0.717) is 17.1 Å². The number of carbonyl (C=O) groups is 1. The van der Waals surface area contributed by atoms with Crippen molar-refractivity contribution in [1.29, 1.82) is 0 Å². The zero-order valence-corrected chi connectivity index (χ0v) is 13.4. The van der Waals surface area contributed by atoms with Gasteiger partial charge in [-0.25, -0.2) is 0 Å². The highest BCUT2D eigenvalue weighted by molar-refractivity contribution is 6.11. The molecule has 118 valence electrons. The molecule has 0 aliphatic rings. The summed E-state index contributed by atoms with van der Waals surface area (Å²) in [6.45, 7) is 3.67. The minimum atomic E-state index is -0.607. The highest BCUT2D eigenvalue weighted by atomic mass is 16.5. The Kier molecular flexibility index (Phi) is 4.06. The summed E-state index contributed by atoms with van der Waals surface area (Å²) in [5, 5.41) is 0.922. The monoisotopic (exact) mass is 309 g/mol. The first-order valence-corrected chi connectivity index (χ1v) is 7.53. The SMILES string of the molecule is COc1ccccc1O[C@H](C)C(=O)c1c(C)[nH]c2ccccc12. The molecule has 4 nitrogen and oxygen atoms in total. The Labute approximate surface area is 135 Å². The molecule has 0 fully saturated rings. The van der Waals surface area contributed by atoms with Crippen LogP contribution in [0.1, 0.15) is 23.0 Å². The molecule has 0 spiro atoms. The summed E-state index contributed by atoms with van der Waals surface area (Å²) >= 11 is 0. The quantitative estimate of drug-likeness (QED) is 0.721. The standard InChI is InChI=1S/C19H19NO3/c1-12-18(14-8-4-5-9-15(14)20-12)19(21)13(2)23-17-11-7-6-10-16(17)22-3/h4-11,13,20H,1-3H3/t13-/m1/s1. The molecule has 1 aromatic heterocycles. The number of ether oxygens (including phenoxy) is 2. The molecule has 1 atom stereocenters. The molecule has 0 aliphatic carbocycles. The average molecular weight is 309 g/mol. The Bertz CT molecular complexity index is 851. The zero-order valence-electron chi connectivity index (χ0n) is 13.4. The van der Waals surface area contributed by atoms with E-state index in [1.165, 1.54) is 0 Å². The van der Waals surface area contributed by atoms with E-state index < -0.39 is 6.10 Å².